The molecule has 1 aliphatic heterocycles. The zero-order valence-electron chi connectivity index (χ0n) is 19.6. The summed E-state index contributed by atoms with van der Waals surface area (Å²) in [5.74, 6) is 2.18. The molecule has 34 heavy (non-hydrogen) atoms. The lowest BCUT2D eigenvalue weighted by Crippen LogP contribution is -2.60. The molecule has 0 bridgehead atoms. The van der Waals surface area contributed by atoms with Crippen LogP contribution >= 0.6 is 0 Å². The van der Waals surface area contributed by atoms with Crippen LogP contribution in [-0.2, 0) is 17.6 Å². The average molecular weight is 481 g/mol. The molecule has 0 saturated carbocycles. The van der Waals surface area contributed by atoms with Gasteiger partial charge in [-0.05, 0) is 48.2 Å². The van der Waals surface area contributed by atoms with Crippen molar-refractivity contribution in [3.8, 4) is 28.7 Å². The fourth-order valence-corrected chi connectivity index (χ4v) is 3.83. The number of benzene rings is 2. The highest BCUT2D eigenvalue weighted by atomic mass is 16.7. The van der Waals surface area contributed by atoms with E-state index in [1.54, 1.807) is 20.3 Å². The van der Waals surface area contributed by atoms with Gasteiger partial charge < -0.3 is 48.8 Å². The summed E-state index contributed by atoms with van der Waals surface area (Å²) in [6.45, 7) is -0.559. The van der Waals surface area contributed by atoms with Crippen LogP contribution in [0.25, 0.3) is 0 Å². The van der Waals surface area contributed by atoms with Crippen LogP contribution < -0.4 is 23.7 Å². The minimum absolute atomic E-state index is 0.216. The first-order valence-corrected chi connectivity index (χ1v) is 10.8. The molecule has 0 aliphatic carbocycles. The van der Waals surface area contributed by atoms with E-state index in [2.05, 4.69) is 0 Å². The normalized spacial score (nSPS) is 24.4. The van der Waals surface area contributed by atoms with E-state index in [0.717, 1.165) is 11.1 Å². The zero-order valence-corrected chi connectivity index (χ0v) is 19.6. The van der Waals surface area contributed by atoms with Gasteiger partial charge in [0.15, 0.2) is 23.0 Å². The molecular formula is C24H32O10. The predicted octanol–water partition coefficient (Wildman–Crippen LogP) is 0.685. The van der Waals surface area contributed by atoms with Crippen LogP contribution in [0.5, 0.6) is 28.7 Å². The third-order valence-corrected chi connectivity index (χ3v) is 5.75. The van der Waals surface area contributed by atoms with Crippen molar-refractivity contribution >= 4 is 0 Å². The van der Waals surface area contributed by atoms with E-state index in [4.69, 9.17) is 28.4 Å². The number of aryl methyl sites for hydroxylation is 2. The van der Waals surface area contributed by atoms with E-state index < -0.39 is 37.3 Å². The summed E-state index contributed by atoms with van der Waals surface area (Å²) in [5.41, 5.74) is 1.89. The fraction of sp³-hybridized carbons (Fsp3) is 0.500. The van der Waals surface area contributed by atoms with Crippen molar-refractivity contribution in [1.82, 2.24) is 0 Å². The number of aliphatic hydroxyl groups excluding tert-OH is 4. The van der Waals surface area contributed by atoms with Crippen molar-refractivity contribution in [3.63, 3.8) is 0 Å². The van der Waals surface area contributed by atoms with Gasteiger partial charge in [-0.25, -0.2) is 0 Å². The standard InChI is InChI=1S/C24H32O10/c1-29-15-8-7-13(9-16(15)30-2)5-6-14-10-17(31-3)23(32-4)18(11-14)33-24-22(28)21(27)20(26)19(12-25)34-24/h7-11,19-22,24-28H,5-6,12H2,1-4H3/t19-,20-,21+,22-,24-/m1/s1. The van der Waals surface area contributed by atoms with Gasteiger partial charge in [-0.3, -0.25) is 0 Å². The van der Waals surface area contributed by atoms with Crippen molar-refractivity contribution in [2.45, 2.75) is 43.5 Å². The molecule has 1 saturated heterocycles. The van der Waals surface area contributed by atoms with Gasteiger partial charge in [0.2, 0.25) is 12.0 Å². The Labute approximate surface area is 198 Å². The summed E-state index contributed by atoms with van der Waals surface area (Å²) in [6.07, 6.45) is -5.75. The quantitative estimate of drug-likeness (QED) is 0.384. The van der Waals surface area contributed by atoms with Crippen molar-refractivity contribution in [3.05, 3.63) is 41.5 Å². The highest BCUT2D eigenvalue weighted by Gasteiger charge is 2.45. The van der Waals surface area contributed by atoms with Crippen LogP contribution in [0.15, 0.2) is 30.3 Å². The number of hydrogen-bond donors (Lipinski definition) is 4. The topological polar surface area (TPSA) is 136 Å². The van der Waals surface area contributed by atoms with Gasteiger partial charge in [0.25, 0.3) is 0 Å². The van der Waals surface area contributed by atoms with Crippen molar-refractivity contribution < 1.29 is 48.8 Å². The Balaban J connectivity index is 1.84. The molecule has 0 radical (unpaired) electrons. The molecule has 4 N–H and O–H groups in total. The van der Waals surface area contributed by atoms with Crippen LogP contribution in [0.2, 0.25) is 0 Å². The molecule has 0 unspecified atom stereocenters. The number of hydrogen-bond acceptors (Lipinski definition) is 10. The summed E-state index contributed by atoms with van der Waals surface area (Å²) < 4.78 is 32.9. The summed E-state index contributed by atoms with van der Waals surface area (Å²) in [7, 11) is 6.10. The Morgan fingerprint density at radius 1 is 0.706 bits per heavy atom. The lowest BCUT2D eigenvalue weighted by atomic mass is 9.99. The molecule has 3 rings (SSSR count). The highest BCUT2D eigenvalue weighted by Crippen LogP contribution is 2.40. The van der Waals surface area contributed by atoms with E-state index >= 15 is 0 Å². The van der Waals surface area contributed by atoms with Gasteiger partial charge in [-0.15, -0.1) is 0 Å². The maximum Gasteiger partial charge on any atom is 0.229 e. The summed E-state index contributed by atoms with van der Waals surface area (Å²) in [4.78, 5) is 0. The number of methoxy groups -OCH3 is 4. The van der Waals surface area contributed by atoms with E-state index in [9.17, 15) is 20.4 Å². The summed E-state index contributed by atoms with van der Waals surface area (Å²) in [5, 5.41) is 39.9. The maximum absolute atomic E-state index is 10.4. The molecule has 188 valence electrons. The average Bonchev–Trinajstić information content (AvgIpc) is 2.86. The Bertz CT molecular complexity index is 948. The van der Waals surface area contributed by atoms with Gasteiger partial charge in [-0.1, -0.05) is 6.07 Å². The Kier molecular flexibility index (Phi) is 8.81. The molecule has 2 aromatic carbocycles. The van der Waals surface area contributed by atoms with Crippen molar-refractivity contribution in [2.24, 2.45) is 0 Å². The highest BCUT2D eigenvalue weighted by molar-refractivity contribution is 5.54. The van der Waals surface area contributed by atoms with Gasteiger partial charge in [0, 0.05) is 0 Å². The lowest BCUT2D eigenvalue weighted by molar-refractivity contribution is -0.277. The second-order valence-corrected chi connectivity index (χ2v) is 7.83. The van der Waals surface area contributed by atoms with E-state index in [1.807, 2.05) is 24.3 Å². The number of ether oxygens (including phenoxy) is 6. The summed E-state index contributed by atoms with van der Waals surface area (Å²) in [6, 6.07) is 9.25. The second kappa shape index (κ2) is 11.6. The SMILES string of the molecule is COc1ccc(CCc2cc(OC)c(OC)c(O[C@@H]3O[C@H](CO)[C@@H](O)[C@H](O)[C@H]3O)c2)cc1OC. The van der Waals surface area contributed by atoms with E-state index in [0.29, 0.717) is 30.1 Å². The Morgan fingerprint density at radius 2 is 1.32 bits per heavy atom. The molecule has 2 aromatic rings. The van der Waals surface area contributed by atoms with Gasteiger partial charge >= 0.3 is 0 Å². The third-order valence-electron chi connectivity index (χ3n) is 5.75. The first-order chi connectivity index (χ1) is 16.4. The van der Waals surface area contributed by atoms with Gasteiger partial charge in [0.05, 0.1) is 35.0 Å². The lowest BCUT2D eigenvalue weighted by Gasteiger charge is -2.39. The minimum Gasteiger partial charge on any atom is -0.493 e. The van der Waals surface area contributed by atoms with Crippen LogP contribution in [0.3, 0.4) is 0 Å². The van der Waals surface area contributed by atoms with E-state index in [1.165, 1.54) is 14.2 Å². The minimum atomic E-state index is -1.56. The molecule has 5 atom stereocenters. The van der Waals surface area contributed by atoms with Crippen LogP contribution in [-0.4, -0.2) is 86.2 Å². The molecule has 10 heteroatoms. The van der Waals surface area contributed by atoms with Crippen LogP contribution in [0.4, 0.5) is 0 Å². The predicted molar refractivity (Wildman–Crippen MR) is 121 cm³/mol. The Morgan fingerprint density at radius 3 is 1.94 bits per heavy atom. The molecule has 1 aliphatic rings. The largest absolute Gasteiger partial charge is 0.493 e. The molecular weight excluding hydrogens is 448 g/mol. The number of rotatable bonds is 10. The zero-order chi connectivity index (χ0) is 24.8. The monoisotopic (exact) mass is 480 g/mol. The molecule has 1 heterocycles. The Hall–Kier alpha value is -2.76. The molecule has 1 fully saturated rings. The number of aliphatic hydroxyl groups is 4. The van der Waals surface area contributed by atoms with Crippen LogP contribution in [0.1, 0.15) is 11.1 Å². The smallest absolute Gasteiger partial charge is 0.229 e. The van der Waals surface area contributed by atoms with Crippen LogP contribution in [0, 0.1) is 0 Å². The maximum atomic E-state index is 10.4. The fourth-order valence-electron chi connectivity index (χ4n) is 3.83. The van der Waals surface area contributed by atoms with Crippen molar-refractivity contribution in [1.29, 1.82) is 0 Å². The third kappa shape index (κ3) is 5.48. The van der Waals surface area contributed by atoms with Gasteiger partial charge in [0.1, 0.15) is 24.4 Å². The molecule has 0 aromatic heterocycles. The van der Waals surface area contributed by atoms with Crippen molar-refractivity contribution in [2.75, 3.05) is 35.0 Å². The van der Waals surface area contributed by atoms with Gasteiger partial charge in [-0.2, -0.15) is 0 Å². The molecule has 0 amide bonds. The molecule has 10 nitrogen and oxygen atoms in total. The molecule has 0 spiro atoms. The first kappa shape index (κ1) is 25.9. The summed E-state index contributed by atoms with van der Waals surface area (Å²) >= 11 is 0. The van der Waals surface area contributed by atoms with E-state index in [-0.39, 0.29) is 11.5 Å². The first-order valence-electron chi connectivity index (χ1n) is 10.8. The second-order valence-electron chi connectivity index (χ2n) is 7.83.